The number of likely N-dealkylation sites (N-methyl/N-ethyl adjacent to an activating group) is 1. The molecule has 0 saturated heterocycles. The van der Waals surface area contributed by atoms with Crippen LogP contribution in [0.1, 0.15) is 31.3 Å². The summed E-state index contributed by atoms with van der Waals surface area (Å²) in [6.45, 7) is 0.542. The molecule has 0 spiro atoms. The molecule has 0 aliphatic rings. The molecule has 0 unspecified atom stereocenters. The van der Waals surface area contributed by atoms with Gasteiger partial charge in [-0.05, 0) is 12.1 Å². The lowest BCUT2D eigenvalue weighted by Crippen LogP contribution is -2.36. The van der Waals surface area contributed by atoms with E-state index < -0.39 is 5.91 Å². The van der Waals surface area contributed by atoms with Gasteiger partial charge in [0.05, 0.1) is 5.56 Å². The van der Waals surface area contributed by atoms with Crippen LogP contribution in [0.25, 0.3) is 0 Å². The normalized spacial score (nSPS) is 10.1. The zero-order chi connectivity index (χ0) is 16.8. The number of amides is 3. The van der Waals surface area contributed by atoms with Gasteiger partial charge in [-0.2, -0.15) is 0 Å². The predicted molar refractivity (Wildman–Crippen MR) is 78.6 cm³/mol. The van der Waals surface area contributed by atoms with Crippen molar-refractivity contribution in [3.8, 4) is 0 Å². The summed E-state index contributed by atoms with van der Waals surface area (Å²) < 4.78 is 4.57. The van der Waals surface area contributed by atoms with Crippen LogP contribution in [-0.4, -0.2) is 52.9 Å². The molecule has 0 fully saturated rings. The highest BCUT2D eigenvalue weighted by Gasteiger charge is 2.14. The van der Waals surface area contributed by atoms with Crippen LogP contribution in [0.5, 0.6) is 0 Å². The average molecular weight is 317 g/mol. The quantitative estimate of drug-likeness (QED) is 0.750. The third-order valence-corrected chi connectivity index (χ3v) is 3.01. The van der Waals surface area contributed by atoms with Crippen LogP contribution in [0.3, 0.4) is 0 Å². The highest BCUT2D eigenvalue weighted by Crippen LogP contribution is 2.03. The average Bonchev–Trinajstić information content (AvgIpc) is 3.08. The number of rotatable bonds is 6. The summed E-state index contributed by atoms with van der Waals surface area (Å²) in [5.41, 5.74) is 5.66. The van der Waals surface area contributed by atoms with E-state index in [1.54, 1.807) is 7.05 Å². The molecule has 0 atom stereocenters. The largest absolute Gasteiger partial charge is 0.364 e. The van der Waals surface area contributed by atoms with Crippen LogP contribution in [0, 0.1) is 0 Å². The number of hydrogen-bond acceptors (Lipinski definition) is 6. The van der Waals surface area contributed by atoms with Gasteiger partial charge in [-0.25, -0.2) is 0 Å². The summed E-state index contributed by atoms with van der Waals surface area (Å²) in [6, 6.07) is 4.30. The fourth-order valence-electron chi connectivity index (χ4n) is 1.75. The molecule has 0 aromatic carbocycles. The van der Waals surface area contributed by atoms with Gasteiger partial charge in [-0.3, -0.25) is 19.4 Å². The predicted octanol–water partition coefficient (Wildman–Crippen LogP) is -0.329. The van der Waals surface area contributed by atoms with Crippen LogP contribution in [0.4, 0.5) is 0 Å². The van der Waals surface area contributed by atoms with E-state index in [-0.39, 0.29) is 29.7 Å². The third-order valence-electron chi connectivity index (χ3n) is 3.01. The van der Waals surface area contributed by atoms with Crippen molar-refractivity contribution in [1.29, 1.82) is 0 Å². The molecule has 0 aliphatic heterocycles. The van der Waals surface area contributed by atoms with Crippen LogP contribution >= 0.6 is 0 Å². The minimum Gasteiger partial charge on any atom is -0.364 e. The van der Waals surface area contributed by atoms with Crippen LogP contribution < -0.4 is 11.1 Å². The molecule has 2 aromatic rings. The van der Waals surface area contributed by atoms with E-state index in [4.69, 9.17) is 5.73 Å². The standard InChI is InChI=1S/C14H15N5O4/c1-19(6-5-16-13(21)11-4-7-23-18-11)14(22)9-2-3-10(12(15)20)17-8-9/h2-4,7-8H,5-6H2,1H3,(H2,15,20)(H,16,21). The maximum atomic E-state index is 12.2. The van der Waals surface area contributed by atoms with Gasteiger partial charge in [0, 0.05) is 32.4 Å². The molecule has 3 amide bonds. The summed E-state index contributed by atoms with van der Waals surface area (Å²) in [7, 11) is 1.59. The van der Waals surface area contributed by atoms with Gasteiger partial charge in [0.15, 0.2) is 5.69 Å². The number of nitrogens with zero attached hydrogens (tertiary/aromatic N) is 3. The molecule has 0 bridgehead atoms. The highest BCUT2D eigenvalue weighted by atomic mass is 16.5. The lowest BCUT2D eigenvalue weighted by atomic mass is 10.2. The number of pyridine rings is 1. The first-order chi connectivity index (χ1) is 11.0. The Labute approximate surface area is 131 Å². The van der Waals surface area contributed by atoms with Crippen molar-refractivity contribution in [3.05, 3.63) is 47.6 Å². The first-order valence-corrected chi connectivity index (χ1v) is 6.69. The summed E-state index contributed by atoms with van der Waals surface area (Å²) >= 11 is 0. The monoisotopic (exact) mass is 317 g/mol. The fourth-order valence-corrected chi connectivity index (χ4v) is 1.75. The fraction of sp³-hybridized carbons (Fsp3) is 0.214. The Hall–Kier alpha value is -3.23. The molecule has 9 heteroatoms. The van der Waals surface area contributed by atoms with Gasteiger partial charge in [0.1, 0.15) is 12.0 Å². The molecular formula is C14H15N5O4. The Morgan fingerprint density at radius 1 is 1.26 bits per heavy atom. The molecule has 0 saturated carbocycles. The van der Waals surface area contributed by atoms with E-state index in [9.17, 15) is 14.4 Å². The van der Waals surface area contributed by atoms with Crippen LogP contribution in [0.15, 0.2) is 35.2 Å². The molecule has 2 rings (SSSR count). The lowest BCUT2D eigenvalue weighted by Gasteiger charge is -2.17. The second-order valence-corrected chi connectivity index (χ2v) is 4.66. The van der Waals surface area contributed by atoms with Crippen LogP contribution in [0.2, 0.25) is 0 Å². The Bertz CT molecular complexity index is 696. The first kappa shape index (κ1) is 16.1. The van der Waals surface area contributed by atoms with E-state index >= 15 is 0 Å². The van der Waals surface area contributed by atoms with Crippen molar-refractivity contribution in [2.45, 2.75) is 0 Å². The Morgan fingerprint density at radius 2 is 2.04 bits per heavy atom. The first-order valence-electron chi connectivity index (χ1n) is 6.69. The number of carbonyl (C=O) groups is 3. The topological polar surface area (TPSA) is 131 Å². The second-order valence-electron chi connectivity index (χ2n) is 4.66. The Balaban J connectivity index is 1.85. The van der Waals surface area contributed by atoms with E-state index in [0.29, 0.717) is 12.1 Å². The Morgan fingerprint density at radius 3 is 2.61 bits per heavy atom. The van der Waals surface area contributed by atoms with E-state index in [2.05, 4.69) is 20.0 Å². The number of carbonyl (C=O) groups excluding carboxylic acids is 3. The minimum absolute atomic E-state index is 0.0871. The summed E-state index contributed by atoms with van der Waals surface area (Å²) in [5.74, 6) is -1.33. The molecule has 9 nitrogen and oxygen atoms in total. The van der Waals surface area contributed by atoms with E-state index in [0.717, 1.165) is 0 Å². The SMILES string of the molecule is CN(CCNC(=O)c1ccon1)C(=O)c1ccc(C(N)=O)nc1. The van der Waals surface area contributed by atoms with Crippen molar-refractivity contribution in [2.24, 2.45) is 5.73 Å². The van der Waals surface area contributed by atoms with Crippen molar-refractivity contribution in [3.63, 3.8) is 0 Å². The van der Waals surface area contributed by atoms with Crippen LogP contribution in [-0.2, 0) is 0 Å². The number of aromatic nitrogens is 2. The number of hydrogen-bond donors (Lipinski definition) is 2. The van der Waals surface area contributed by atoms with Crippen molar-refractivity contribution in [1.82, 2.24) is 20.4 Å². The zero-order valence-corrected chi connectivity index (χ0v) is 12.4. The molecule has 120 valence electrons. The molecule has 2 aromatic heterocycles. The molecule has 3 N–H and O–H groups in total. The van der Waals surface area contributed by atoms with Gasteiger partial charge in [-0.1, -0.05) is 5.16 Å². The van der Waals surface area contributed by atoms with Crippen molar-refractivity contribution in [2.75, 3.05) is 20.1 Å². The van der Waals surface area contributed by atoms with E-state index in [1.807, 2.05) is 0 Å². The number of nitrogens with one attached hydrogen (secondary N) is 1. The minimum atomic E-state index is -0.659. The zero-order valence-electron chi connectivity index (χ0n) is 12.4. The van der Waals surface area contributed by atoms with Crippen molar-refractivity contribution >= 4 is 17.7 Å². The maximum Gasteiger partial charge on any atom is 0.273 e. The van der Waals surface area contributed by atoms with Gasteiger partial charge in [0.25, 0.3) is 17.7 Å². The van der Waals surface area contributed by atoms with Gasteiger partial charge in [-0.15, -0.1) is 0 Å². The molecule has 2 heterocycles. The van der Waals surface area contributed by atoms with Gasteiger partial charge in [0.2, 0.25) is 0 Å². The molecule has 0 aliphatic carbocycles. The molecular weight excluding hydrogens is 302 g/mol. The Kier molecular flexibility index (Phi) is 5.03. The van der Waals surface area contributed by atoms with E-state index in [1.165, 1.54) is 35.6 Å². The summed E-state index contributed by atoms with van der Waals surface area (Å²) in [6.07, 6.45) is 2.58. The molecule has 0 radical (unpaired) electrons. The number of primary amides is 1. The maximum absolute atomic E-state index is 12.2. The summed E-state index contributed by atoms with van der Waals surface area (Å²) in [4.78, 5) is 40.0. The number of nitrogens with two attached hydrogens (primary N) is 1. The lowest BCUT2D eigenvalue weighted by molar-refractivity contribution is 0.0785. The smallest absolute Gasteiger partial charge is 0.273 e. The van der Waals surface area contributed by atoms with Gasteiger partial charge < -0.3 is 20.5 Å². The third kappa shape index (κ3) is 4.13. The highest BCUT2D eigenvalue weighted by molar-refractivity contribution is 5.95. The van der Waals surface area contributed by atoms with Gasteiger partial charge >= 0.3 is 0 Å². The summed E-state index contributed by atoms with van der Waals surface area (Å²) in [5, 5.41) is 6.12. The molecule has 23 heavy (non-hydrogen) atoms. The second kappa shape index (κ2) is 7.16. The van der Waals surface area contributed by atoms with Crippen molar-refractivity contribution < 1.29 is 18.9 Å².